The summed E-state index contributed by atoms with van der Waals surface area (Å²) in [4.78, 5) is 72.9. The van der Waals surface area contributed by atoms with Gasteiger partial charge in [-0.2, -0.15) is 0 Å². The van der Waals surface area contributed by atoms with Gasteiger partial charge < -0.3 is 33.8 Å². The molecule has 0 aliphatic rings. The molecular weight excluding hydrogens is 1280 g/mol. The van der Waals surface area contributed by atoms with E-state index >= 15 is 0 Å². The first kappa shape index (κ1) is 95.0. The van der Waals surface area contributed by atoms with Gasteiger partial charge in [-0.05, 0) is 88.9 Å². The van der Waals surface area contributed by atoms with Crippen molar-refractivity contribution in [3.63, 3.8) is 0 Å². The number of unbranched alkanes of at least 4 members (excludes halogenated alkanes) is 38. The first-order valence-corrected chi connectivity index (χ1v) is 42.6. The molecule has 0 radical (unpaired) electrons. The molecule has 17 nitrogen and oxygen atoms in total. The Morgan fingerprint density at radius 1 is 0.316 bits per heavy atom. The lowest BCUT2D eigenvalue weighted by Crippen LogP contribution is -2.30. The second-order valence-corrected chi connectivity index (χ2v) is 30.9. The minimum absolute atomic E-state index is 0.0821. The van der Waals surface area contributed by atoms with E-state index in [1.165, 1.54) is 141 Å². The van der Waals surface area contributed by atoms with Crippen LogP contribution in [0.5, 0.6) is 0 Å². The molecule has 0 heterocycles. The van der Waals surface area contributed by atoms with E-state index in [0.29, 0.717) is 25.7 Å². The minimum atomic E-state index is -4.97. The zero-order chi connectivity index (χ0) is 72.1. The second-order valence-electron chi connectivity index (χ2n) is 28.0. The van der Waals surface area contributed by atoms with E-state index in [4.69, 9.17) is 37.0 Å². The summed E-state index contributed by atoms with van der Waals surface area (Å²) in [5.74, 6) is -0.660. The van der Waals surface area contributed by atoms with Gasteiger partial charge >= 0.3 is 39.5 Å². The van der Waals surface area contributed by atoms with Gasteiger partial charge in [-0.1, -0.05) is 308 Å². The molecule has 0 fully saturated rings. The van der Waals surface area contributed by atoms with Crippen LogP contribution in [0.1, 0.15) is 363 Å². The van der Waals surface area contributed by atoms with Crippen LogP contribution in [0.4, 0.5) is 0 Å². The highest BCUT2D eigenvalue weighted by Gasteiger charge is 2.30. The number of ether oxygens (including phenoxy) is 4. The van der Waals surface area contributed by atoms with E-state index in [-0.39, 0.29) is 25.7 Å². The van der Waals surface area contributed by atoms with Gasteiger partial charge in [0.2, 0.25) is 0 Å². The number of hydrogen-bond acceptors (Lipinski definition) is 15. The molecule has 3 N–H and O–H groups in total. The first-order valence-electron chi connectivity index (χ1n) is 39.6. The molecule has 0 aromatic carbocycles. The second kappa shape index (κ2) is 69.7. The van der Waals surface area contributed by atoms with Crippen LogP contribution in [0, 0.1) is 11.8 Å². The van der Waals surface area contributed by atoms with Crippen molar-refractivity contribution in [2.24, 2.45) is 11.8 Å². The Balaban J connectivity index is 5.33. The Labute approximate surface area is 597 Å². The standard InChI is InChI=1S/C79H146O17P2/c1-7-9-11-13-15-17-19-21-23-28-32-36-43-49-55-61-76(81)89-67-74(95-78(83)64-58-52-46-38-34-30-26-25-27-31-35-41-47-53-59-71(3)4)69-93-97(85,86)91-65-73(80)66-92-98(87,88)94-70-75(68-90-77(82)62-56-50-44-40-39-42-48-54-60-72(5)6)96-79(84)63-57-51-45-37-33-29-24-22-20-18-16-14-12-10-8-2/h17-24,71-75,80H,7-16,25-70H2,1-6H3,(H,85,86)(H,87,88)/b19-17-,20-18-,23-21-,24-22-/t73-,74-,75-/m1/s1. The normalized spacial score (nSPS) is 14.3. The van der Waals surface area contributed by atoms with Gasteiger partial charge in [0.25, 0.3) is 0 Å². The molecule has 98 heavy (non-hydrogen) atoms. The number of carbonyl (C=O) groups is 4. The number of phosphoric acid groups is 2. The molecule has 0 spiro atoms. The van der Waals surface area contributed by atoms with Crippen molar-refractivity contribution in [3.8, 4) is 0 Å². The quantitative estimate of drug-likeness (QED) is 0.0169. The molecule has 574 valence electrons. The van der Waals surface area contributed by atoms with Crippen molar-refractivity contribution >= 4 is 39.5 Å². The van der Waals surface area contributed by atoms with Crippen LogP contribution < -0.4 is 0 Å². The van der Waals surface area contributed by atoms with E-state index in [1.807, 2.05) is 0 Å². The van der Waals surface area contributed by atoms with Crippen LogP contribution in [-0.4, -0.2) is 96.7 Å². The summed E-state index contributed by atoms with van der Waals surface area (Å²) in [6.45, 7) is 9.46. The van der Waals surface area contributed by atoms with Gasteiger partial charge in [0, 0.05) is 25.7 Å². The molecule has 0 aliphatic carbocycles. The third-order valence-corrected chi connectivity index (χ3v) is 19.1. The topological polar surface area (TPSA) is 237 Å². The lowest BCUT2D eigenvalue weighted by molar-refractivity contribution is -0.161. The molecule has 0 bridgehead atoms. The van der Waals surface area contributed by atoms with Gasteiger partial charge in [0.1, 0.15) is 19.3 Å². The van der Waals surface area contributed by atoms with Gasteiger partial charge in [-0.3, -0.25) is 37.3 Å². The van der Waals surface area contributed by atoms with Gasteiger partial charge in [0.15, 0.2) is 12.2 Å². The molecule has 0 aromatic heterocycles. The number of rotatable bonds is 74. The average molecular weight is 1430 g/mol. The maximum absolute atomic E-state index is 13.1. The molecule has 0 rings (SSSR count). The monoisotopic (exact) mass is 1430 g/mol. The number of aliphatic hydroxyl groups is 1. The van der Waals surface area contributed by atoms with Crippen LogP contribution in [0.25, 0.3) is 0 Å². The maximum Gasteiger partial charge on any atom is 0.472 e. The lowest BCUT2D eigenvalue weighted by atomic mass is 10.0. The highest BCUT2D eigenvalue weighted by molar-refractivity contribution is 7.47. The van der Waals surface area contributed by atoms with E-state index in [2.05, 4.69) is 90.2 Å². The number of phosphoric ester groups is 2. The lowest BCUT2D eigenvalue weighted by Gasteiger charge is -2.21. The fraction of sp³-hybridized carbons (Fsp3) is 0.848. The van der Waals surface area contributed by atoms with E-state index in [1.54, 1.807) is 0 Å². The summed E-state index contributed by atoms with van der Waals surface area (Å²) in [6, 6.07) is 0. The average Bonchev–Trinajstić information content (AvgIpc) is 1.53. The van der Waals surface area contributed by atoms with Gasteiger partial charge in [-0.25, -0.2) is 9.13 Å². The molecular formula is C79H146O17P2. The van der Waals surface area contributed by atoms with Crippen LogP contribution in [0.2, 0.25) is 0 Å². The van der Waals surface area contributed by atoms with Crippen LogP contribution >= 0.6 is 15.6 Å². The Hall–Kier alpha value is -2.98. The number of aliphatic hydroxyl groups excluding tert-OH is 1. The molecule has 0 amide bonds. The van der Waals surface area contributed by atoms with Crippen LogP contribution in [0.15, 0.2) is 48.6 Å². The maximum atomic E-state index is 13.1. The van der Waals surface area contributed by atoms with E-state index in [0.717, 1.165) is 140 Å². The molecule has 0 saturated carbocycles. The number of allylic oxidation sites excluding steroid dienone is 8. The van der Waals surface area contributed by atoms with E-state index < -0.39 is 97.5 Å². The SMILES string of the molecule is CCCCCC/C=C\C=C/CCCCCCCC(=O)OC[C@H](COP(=O)(O)OC[C@@H](O)COP(=O)(O)OC[C@@H](COC(=O)CCCCCCCCCCC(C)C)OC(=O)CCCCCCC/C=C\C=C/CCCCCC)OC(=O)CCCCCCCCCCCCCCCCC(C)C. The van der Waals surface area contributed by atoms with Crippen molar-refractivity contribution in [1.82, 2.24) is 0 Å². The predicted molar refractivity (Wildman–Crippen MR) is 400 cm³/mol. The van der Waals surface area contributed by atoms with Crippen molar-refractivity contribution in [2.45, 2.75) is 381 Å². The Bertz CT molecular complexity index is 2080. The fourth-order valence-corrected chi connectivity index (χ4v) is 12.7. The summed E-state index contributed by atoms with van der Waals surface area (Å²) in [7, 11) is -9.94. The molecule has 19 heteroatoms. The largest absolute Gasteiger partial charge is 0.472 e. The smallest absolute Gasteiger partial charge is 0.462 e. The Morgan fingerprint density at radius 3 is 0.827 bits per heavy atom. The van der Waals surface area contributed by atoms with Crippen LogP contribution in [-0.2, 0) is 65.4 Å². The summed E-state index contributed by atoms with van der Waals surface area (Å²) in [5.41, 5.74) is 0. The van der Waals surface area contributed by atoms with Crippen molar-refractivity contribution in [1.29, 1.82) is 0 Å². The molecule has 0 aromatic rings. The first-order chi connectivity index (χ1) is 47.4. The molecule has 0 saturated heterocycles. The molecule has 0 aliphatic heterocycles. The van der Waals surface area contributed by atoms with Gasteiger partial charge in [-0.15, -0.1) is 0 Å². The van der Waals surface area contributed by atoms with Crippen molar-refractivity contribution < 1.29 is 80.2 Å². The third-order valence-electron chi connectivity index (χ3n) is 17.2. The predicted octanol–water partition coefficient (Wildman–Crippen LogP) is 22.6. The zero-order valence-electron chi connectivity index (χ0n) is 63.1. The molecule has 2 unspecified atom stereocenters. The van der Waals surface area contributed by atoms with Crippen molar-refractivity contribution in [2.75, 3.05) is 39.6 Å². The Kier molecular flexibility index (Phi) is 67.6. The van der Waals surface area contributed by atoms with Crippen LogP contribution in [0.3, 0.4) is 0 Å². The third kappa shape index (κ3) is 71.4. The summed E-state index contributed by atoms with van der Waals surface area (Å²) in [6.07, 6.45) is 64.0. The molecule has 5 atom stereocenters. The fourth-order valence-electron chi connectivity index (χ4n) is 11.1. The summed E-state index contributed by atoms with van der Waals surface area (Å²) in [5, 5.41) is 10.6. The van der Waals surface area contributed by atoms with Crippen molar-refractivity contribution in [3.05, 3.63) is 48.6 Å². The summed E-state index contributed by atoms with van der Waals surface area (Å²) >= 11 is 0. The minimum Gasteiger partial charge on any atom is -0.462 e. The highest BCUT2D eigenvalue weighted by atomic mass is 31.2. The number of carbonyl (C=O) groups excluding carboxylic acids is 4. The van der Waals surface area contributed by atoms with E-state index in [9.17, 15) is 43.2 Å². The Morgan fingerprint density at radius 2 is 0.551 bits per heavy atom. The number of esters is 4. The number of hydrogen-bond donors (Lipinski definition) is 3. The van der Waals surface area contributed by atoms with Gasteiger partial charge in [0.05, 0.1) is 26.4 Å². The summed E-state index contributed by atoms with van der Waals surface area (Å²) < 4.78 is 68.5. The zero-order valence-corrected chi connectivity index (χ0v) is 64.8. The highest BCUT2D eigenvalue weighted by Crippen LogP contribution is 2.45.